The van der Waals surface area contributed by atoms with Crippen LogP contribution in [0.15, 0.2) is 24.8 Å². The van der Waals surface area contributed by atoms with E-state index in [-0.39, 0.29) is 0 Å². The van der Waals surface area contributed by atoms with Crippen molar-refractivity contribution in [1.29, 1.82) is 0 Å². The molecule has 0 amide bonds. The molecule has 5 heteroatoms. The molecule has 0 aromatic carbocycles. The molecule has 0 saturated heterocycles. The normalized spacial score (nSPS) is 10.2. The second-order valence-corrected chi connectivity index (χ2v) is 2.44. The average Bonchev–Trinajstić information content (AvgIpc) is 2.60. The van der Waals surface area contributed by atoms with Crippen LogP contribution in [0.5, 0.6) is 0 Å². The highest BCUT2D eigenvalue weighted by molar-refractivity contribution is 5.88. The Morgan fingerprint density at radius 2 is 2.38 bits per heavy atom. The summed E-state index contributed by atoms with van der Waals surface area (Å²) in [6.45, 7) is 0. The fourth-order valence-corrected chi connectivity index (χ4v) is 1.10. The molecule has 0 N–H and O–H groups in total. The standard InChI is InChI=1S/C8H7N3O2/c1-13-8(12)6-4-10-7-5-9-2-3-11(6)7/h2-5H,1H3. The third-order valence-corrected chi connectivity index (χ3v) is 1.71. The summed E-state index contributed by atoms with van der Waals surface area (Å²) in [6, 6.07) is 0. The molecule has 0 aliphatic rings. The second kappa shape index (κ2) is 2.85. The van der Waals surface area contributed by atoms with E-state index in [1.165, 1.54) is 13.3 Å². The van der Waals surface area contributed by atoms with E-state index in [1.807, 2.05) is 0 Å². The van der Waals surface area contributed by atoms with Crippen LogP contribution < -0.4 is 0 Å². The molecule has 0 aliphatic carbocycles. The molecule has 66 valence electrons. The Labute approximate surface area is 74.0 Å². The first kappa shape index (κ1) is 7.72. The molecular weight excluding hydrogens is 170 g/mol. The van der Waals surface area contributed by atoms with Crippen LogP contribution in [-0.4, -0.2) is 27.4 Å². The highest BCUT2D eigenvalue weighted by atomic mass is 16.5. The first-order chi connectivity index (χ1) is 6.33. The first-order valence-electron chi connectivity index (χ1n) is 3.68. The van der Waals surface area contributed by atoms with Crippen molar-refractivity contribution in [2.24, 2.45) is 0 Å². The number of esters is 1. The zero-order valence-electron chi connectivity index (χ0n) is 6.97. The van der Waals surface area contributed by atoms with Gasteiger partial charge in [0.1, 0.15) is 0 Å². The van der Waals surface area contributed by atoms with Crippen molar-refractivity contribution < 1.29 is 9.53 Å². The van der Waals surface area contributed by atoms with Gasteiger partial charge in [0.2, 0.25) is 0 Å². The third kappa shape index (κ3) is 1.14. The van der Waals surface area contributed by atoms with Crippen molar-refractivity contribution >= 4 is 11.6 Å². The van der Waals surface area contributed by atoms with Crippen LogP contribution in [0.2, 0.25) is 0 Å². The Hall–Kier alpha value is -1.91. The minimum Gasteiger partial charge on any atom is -0.464 e. The molecule has 0 radical (unpaired) electrons. The quantitative estimate of drug-likeness (QED) is 0.596. The van der Waals surface area contributed by atoms with Gasteiger partial charge in [-0.05, 0) is 0 Å². The largest absolute Gasteiger partial charge is 0.464 e. The van der Waals surface area contributed by atoms with Gasteiger partial charge in [0.25, 0.3) is 0 Å². The van der Waals surface area contributed by atoms with E-state index in [0.29, 0.717) is 11.3 Å². The van der Waals surface area contributed by atoms with Crippen molar-refractivity contribution in [2.75, 3.05) is 7.11 Å². The predicted octanol–water partition coefficient (Wildman–Crippen LogP) is 0.516. The molecule has 13 heavy (non-hydrogen) atoms. The van der Waals surface area contributed by atoms with Gasteiger partial charge in [-0.3, -0.25) is 9.38 Å². The number of carbonyl (C=O) groups excluding carboxylic acids is 1. The van der Waals surface area contributed by atoms with Crippen molar-refractivity contribution in [3.05, 3.63) is 30.5 Å². The molecule has 0 aliphatic heterocycles. The Bertz CT molecular complexity index is 449. The minimum atomic E-state index is -0.404. The molecule has 2 aromatic heterocycles. The number of aromatic nitrogens is 3. The number of ether oxygens (including phenoxy) is 1. The summed E-state index contributed by atoms with van der Waals surface area (Å²) in [7, 11) is 1.34. The maximum atomic E-state index is 11.2. The van der Waals surface area contributed by atoms with E-state index in [9.17, 15) is 4.79 Å². The van der Waals surface area contributed by atoms with Crippen LogP contribution in [0.1, 0.15) is 10.5 Å². The minimum absolute atomic E-state index is 0.403. The van der Waals surface area contributed by atoms with Gasteiger partial charge in [-0.25, -0.2) is 9.78 Å². The van der Waals surface area contributed by atoms with Gasteiger partial charge in [-0.2, -0.15) is 0 Å². The maximum Gasteiger partial charge on any atom is 0.356 e. The first-order valence-corrected chi connectivity index (χ1v) is 3.68. The number of nitrogens with zero attached hydrogens (tertiary/aromatic N) is 3. The van der Waals surface area contributed by atoms with Gasteiger partial charge < -0.3 is 4.74 Å². The van der Waals surface area contributed by atoms with E-state index in [1.54, 1.807) is 23.0 Å². The Balaban J connectivity index is 2.64. The van der Waals surface area contributed by atoms with Gasteiger partial charge in [-0.1, -0.05) is 0 Å². The summed E-state index contributed by atoms with van der Waals surface area (Å²) in [5.74, 6) is -0.404. The molecule has 2 rings (SSSR count). The topological polar surface area (TPSA) is 56.5 Å². The van der Waals surface area contributed by atoms with Crippen molar-refractivity contribution in [2.45, 2.75) is 0 Å². The third-order valence-electron chi connectivity index (χ3n) is 1.71. The van der Waals surface area contributed by atoms with Crippen LogP contribution in [0.25, 0.3) is 5.65 Å². The van der Waals surface area contributed by atoms with Gasteiger partial charge in [0.15, 0.2) is 11.3 Å². The SMILES string of the molecule is COC(=O)c1cnc2cnccn12. The van der Waals surface area contributed by atoms with Gasteiger partial charge in [-0.15, -0.1) is 0 Å². The monoisotopic (exact) mass is 177 g/mol. The predicted molar refractivity (Wildman–Crippen MR) is 44.3 cm³/mol. The molecule has 0 unspecified atom stereocenters. The molecule has 0 spiro atoms. The second-order valence-electron chi connectivity index (χ2n) is 2.44. The summed E-state index contributed by atoms with van der Waals surface area (Å²) in [5.41, 5.74) is 1.03. The number of methoxy groups -OCH3 is 1. The summed E-state index contributed by atoms with van der Waals surface area (Å²) < 4.78 is 6.21. The van der Waals surface area contributed by atoms with Crippen LogP contribution in [-0.2, 0) is 4.74 Å². The molecule has 0 atom stereocenters. The highest BCUT2D eigenvalue weighted by Gasteiger charge is 2.10. The summed E-state index contributed by atoms with van der Waals surface area (Å²) in [6.07, 6.45) is 6.28. The van der Waals surface area contributed by atoms with Gasteiger partial charge >= 0.3 is 5.97 Å². The average molecular weight is 177 g/mol. The summed E-state index contributed by atoms with van der Waals surface area (Å²) in [4.78, 5) is 19.0. The number of imidazole rings is 1. The van der Waals surface area contributed by atoms with Crippen LogP contribution in [0.4, 0.5) is 0 Å². The number of rotatable bonds is 1. The van der Waals surface area contributed by atoms with E-state index < -0.39 is 5.97 Å². The fraction of sp³-hybridized carbons (Fsp3) is 0.125. The fourth-order valence-electron chi connectivity index (χ4n) is 1.10. The number of carbonyl (C=O) groups is 1. The number of hydrogen-bond donors (Lipinski definition) is 0. The van der Waals surface area contributed by atoms with E-state index in [0.717, 1.165) is 0 Å². The maximum absolute atomic E-state index is 11.2. The number of hydrogen-bond acceptors (Lipinski definition) is 4. The smallest absolute Gasteiger partial charge is 0.356 e. The van der Waals surface area contributed by atoms with Crippen LogP contribution in [0.3, 0.4) is 0 Å². The Morgan fingerprint density at radius 1 is 1.54 bits per heavy atom. The molecule has 5 nitrogen and oxygen atoms in total. The van der Waals surface area contributed by atoms with E-state index in [4.69, 9.17) is 0 Å². The summed E-state index contributed by atoms with van der Waals surface area (Å²) >= 11 is 0. The Morgan fingerprint density at radius 3 is 3.15 bits per heavy atom. The highest BCUT2D eigenvalue weighted by Crippen LogP contribution is 2.05. The lowest BCUT2D eigenvalue weighted by Crippen LogP contribution is -2.04. The lowest BCUT2D eigenvalue weighted by atomic mass is 10.5. The van der Waals surface area contributed by atoms with Gasteiger partial charge in [0, 0.05) is 12.4 Å². The zero-order chi connectivity index (χ0) is 9.26. The lowest BCUT2D eigenvalue weighted by molar-refractivity contribution is 0.0593. The van der Waals surface area contributed by atoms with Gasteiger partial charge in [0.05, 0.1) is 19.5 Å². The molecule has 0 saturated carbocycles. The molecule has 0 bridgehead atoms. The summed E-state index contributed by atoms with van der Waals surface area (Å²) in [5, 5.41) is 0. The van der Waals surface area contributed by atoms with Crippen molar-refractivity contribution in [3.8, 4) is 0 Å². The molecule has 0 fully saturated rings. The van der Waals surface area contributed by atoms with Crippen molar-refractivity contribution in [1.82, 2.24) is 14.4 Å². The Kier molecular flexibility index (Phi) is 1.70. The van der Waals surface area contributed by atoms with Crippen LogP contribution >= 0.6 is 0 Å². The molecule has 2 heterocycles. The number of fused-ring (bicyclic) bond motifs is 1. The van der Waals surface area contributed by atoms with E-state index in [2.05, 4.69) is 14.7 Å². The lowest BCUT2D eigenvalue weighted by Gasteiger charge is -1.97. The van der Waals surface area contributed by atoms with E-state index >= 15 is 0 Å². The van der Waals surface area contributed by atoms with Crippen LogP contribution in [0, 0.1) is 0 Å². The van der Waals surface area contributed by atoms with Crippen molar-refractivity contribution in [3.63, 3.8) is 0 Å². The molecular formula is C8H7N3O2. The molecule has 2 aromatic rings. The zero-order valence-corrected chi connectivity index (χ0v) is 6.97.